The normalized spacial score (nSPS) is 17.8. The molecule has 0 bridgehead atoms. The van der Waals surface area contributed by atoms with Crippen molar-refractivity contribution in [2.24, 2.45) is 0 Å². The second-order valence-corrected chi connectivity index (χ2v) is 6.52. The molecule has 1 amide bonds. The predicted molar refractivity (Wildman–Crippen MR) is 99.2 cm³/mol. The highest BCUT2D eigenvalue weighted by Gasteiger charge is 2.29. The lowest BCUT2D eigenvalue weighted by atomic mass is 10.0. The summed E-state index contributed by atoms with van der Waals surface area (Å²) < 4.78 is 0. The molecule has 1 atom stereocenters. The number of likely N-dealkylation sites (tertiary alicyclic amines) is 1. The molecule has 1 aliphatic heterocycles. The van der Waals surface area contributed by atoms with Crippen molar-refractivity contribution in [1.29, 1.82) is 0 Å². The number of aryl methyl sites for hydroxylation is 1. The Bertz CT molecular complexity index is 683. The van der Waals surface area contributed by atoms with Crippen LogP contribution in [0.4, 0.5) is 5.69 Å². The van der Waals surface area contributed by atoms with Gasteiger partial charge in [0, 0.05) is 18.3 Å². The minimum Gasteiger partial charge on any atom is -0.312 e. The van der Waals surface area contributed by atoms with Crippen LogP contribution in [0, 0.1) is 6.92 Å². The van der Waals surface area contributed by atoms with Crippen molar-refractivity contribution >= 4 is 11.6 Å². The summed E-state index contributed by atoms with van der Waals surface area (Å²) in [5.74, 6) is 0.184. The van der Waals surface area contributed by atoms with Gasteiger partial charge >= 0.3 is 0 Å². The summed E-state index contributed by atoms with van der Waals surface area (Å²) in [5.41, 5.74) is 3.60. The average molecular weight is 322 g/mol. The van der Waals surface area contributed by atoms with Crippen molar-refractivity contribution in [1.82, 2.24) is 4.90 Å². The zero-order chi connectivity index (χ0) is 16.9. The van der Waals surface area contributed by atoms with E-state index in [-0.39, 0.29) is 5.91 Å². The molecule has 0 N–H and O–H groups in total. The number of carbonyl (C=O) groups is 1. The Morgan fingerprint density at radius 2 is 1.96 bits per heavy atom. The van der Waals surface area contributed by atoms with Crippen LogP contribution < -0.4 is 4.90 Å². The average Bonchev–Trinajstić information content (AvgIpc) is 3.04. The minimum absolute atomic E-state index is 0.184. The van der Waals surface area contributed by atoms with Crippen LogP contribution in [0.25, 0.3) is 0 Å². The van der Waals surface area contributed by atoms with Gasteiger partial charge in [-0.05, 0) is 50.9 Å². The number of rotatable bonds is 5. The van der Waals surface area contributed by atoms with Gasteiger partial charge in [-0.3, -0.25) is 9.69 Å². The molecule has 1 fully saturated rings. The number of hydrogen-bond donors (Lipinski definition) is 0. The highest BCUT2D eigenvalue weighted by molar-refractivity contribution is 5.94. The van der Waals surface area contributed by atoms with Crippen molar-refractivity contribution in [3.8, 4) is 0 Å². The van der Waals surface area contributed by atoms with Gasteiger partial charge in [-0.15, -0.1) is 0 Å². The van der Waals surface area contributed by atoms with Crippen LogP contribution in [0.3, 0.4) is 0 Å². The van der Waals surface area contributed by atoms with Gasteiger partial charge in [0.1, 0.15) is 0 Å². The first kappa shape index (κ1) is 16.7. The molecule has 3 heteroatoms. The van der Waals surface area contributed by atoms with E-state index in [0.717, 1.165) is 25.1 Å². The van der Waals surface area contributed by atoms with E-state index in [1.54, 1.807) is 0 Å². The quantitative estimate of drug-likeness (QED) is 0.824. The highest BCUT2D eigenvalue weighted by Crippen LogP contribution is 2.32. The summed E-state index contributed by atoms with van der Waals surface area (Å²) in [6.45, 7) is 6.35. The maximum atomic E-state index is 12.9. The molecule has 3 nitrogen and oxygen atoms in total. The van der Waals surface area contributed by atoms with E-state index in [1.165, 1.54) is 11.1 Å². The molecule has 1 saturated heterocycles. The van der Waals surface area contributed by atoms with Gasteiger partial charge in [-0.1, -0.05) is 48.0 Å². The Hall–Kier alpha value is -2.13. The van der Waals surface area contributed by atoms with E-state index in [0.29, 0.717) is 19.1 Å². The molecular formula is C21H26N2O. The molecule has 24 heavy (non-hydrogen) atoms. The highest BCUT2D eigenvalue weighted by atomic mass is 16.2. The number of nitrogens with zero attached hydrogens (tertiary/aromatic N) is 2. The number of amides is 1. The summed E-state index contributed by atoms with van der Waals surface area (Å²) in [5, 5.41) is 0. The third-order valence-corrected chi connectivity index (χ3v) is 4.81. The molecule has 2 aromatic carbocycles. The number of hydrogen-bond acceptors (Lipinski definition) is 2. The largest absolute Gasteiger partial charge is 0.312 e. The van der Waals surface area contributed by atoms with Crippen molar-refractivity contribution in [3.63, 3.8) is 0 Å². The SMILES string of the molecule is CCN(C(=O)CN1CCCC1c1cccc(C)c1)c1ccccc1. The summed E-state index contributed by atoms with van der Waals surface area (Å²) in [6.07, 6.45) is 2.29. The van der Waals surface area contributed by atoms with Crippen LogP contribution in [0.15, 0.2) is 54.6 Å². The Morgan fingerprint density at radius 3 is 2.67 bits per heavy atom. The molecule has 2 aromatic rings. The number of benzene rings is 2. The van der Waals surface area contributed by atoms with Gasteiger partial charge in [-0.2, -0.15) is 0 Å². The summed E-state index contributed by atoms with van der Waals surface area (Å²) in [6, 6.07) is 19.0. The maximum absolute atomic E-state index is 12.9. The molecule has 126 valence electrons. The Kier molecular flexibility index (Phi) is 5.31. The van der Waals surface area contributed by atoms with Crippen LogP contribution in [0.2, 0.25) is 0 Å². The minimum atomic E-state index is 0.184. The van der Waals surface area contributed by atoms with Crippen molar-refractivity contribution in [2.45, 2.75) is 32.7 Å². The van der Waals surface area contributed by atoms with Gasteiger partial charge in [0.15, 0.2) is 0 Å². The van der Waals surface area contributed by atoms with Crippen LogP contribution in [0.1, 0.15) is 36.9 Å². The first-order chi connectivity index (χ1) is 11.7. The monoisotopic (exact) mass is 322 g/mol. The zero-order valence-electron chi connectivity index (χ0n) is 14.6. The number of para-hydroxylation sites is 1. The van der Waals surface area contributed by atoms with Gasteiger partial charge in [0.25, 0.3) is 0 Å². The smallest absolute Gasteiger partial charge is 0.241 e. The molecule has 0 saturated carbocycles. The van der Waals surface area contributed by atoms with Gasteiger partial charge in [0.2, 0.25) is 5.91 Å². The third-order valence-electron chi connectivity index (χ3n) is 4.81. The molecule has 0 aromatic heterocycles. The number of anilines is 1. The van der Waals surface area contributed by atoms with E-state index < -0.39 is 0 Å². The van der Waals surface area contributed by atoms with E-state index >= 15 is 0 Å². The van der Waals surface area contributed by atoms with Gasteiger partial charge in [0.05, 0.1) is 6.54 Å². The molecular weight excluding hydrogens is 296 g/mol. The topological polar surface area (TPSA) is 23.6 Å². The molecule has 1 aliphatic rings. The first-order valence-electron chi connectivity index (χ1n) is 8.85. The van der Waals surface area contributed by atoms with Crippen molar-refractivity contribution < 1.29 is 4.79 Å². The van der Waals surface area contributed by atoms with E-state index in [4.69, 9.17) is 0 Å². The third kappa shape index (κ3) is 3.68. The molecule has 3 rings (SSSR count). The fraction of sp³-hybridized carbons (Fsp3) is 0.381. The second kappa shape index (κ2) is 7.63. The summed E-state index contributed by atoms with van der Waals surface area (Å²) >= 11 is 0. The second-order valence-electron chi connectivity index (χ2n) is 6.52. The van der Waals surface area contributed by atoms with Gasteiger partial charge in [-0.25, -0.2) is 0 Å². The number of likely N-dealkylation sites (N-methyl/N-ethyl adjacent to an activating group) is 1. The van der Waals surface area contributed by atoms with Crippen LogP contribution in [-0.2, 0) is 4.79 Å². The Balaban J connectivity index is 1.73. The van der Waals surface area contributed by atoms with E-state index in [9.17, 15) is 4.79 Å². The lowest BCUT2D eigenvalue weighted by molar-refractivity contribution is -0.119. The standard InChI is InChI=1S/C21H26N2O/c1-3-23(19-11-5-4-6-12-19)21(24)16-22-14-8-13-20(22)18-10-7-9-17(2)15-18/h4-7,9-12,15,20H,3,8,13-14,16H2,1-2H3. The van der Waals surface area contributed by atoms with Crippen LogP contribution in [0.5, 0.6) is 0 Å². The van der Waals surface area contributed by atoms with Crippen LogP contribution in [-0.4, -0.2) is 30.4 Å². The first-order valence-corrected chi connectivity index (χ1v) is 8.85. The zero-order valence-corrected chi connectivity index (χ0v) is 14.6. The number of carbonyl (C=O) groups excluding carboxylic acids is 1. The lowest BCUT2D eigenvalue weighted by Crippen LogP contribution is -2.40. The maximum Gasteiger partial charge on any atom is 0.241 e. The lowest BCUT2D eigenvalue weighted by Gasteiger charge is -2.28. The summed E-state index contributed by atoms with van der Waals surface area (Å²) in [4.78, 5) is 17.1. The van der Waals surface area contributed by atoms with Crippen molar-refractivity contribution in [2.75, 3.05) is 24.5 Å². The molecule has 1 unspecified atom stereocenters. The van der Waals surface area contributed by atoms with Crippen molar-refractivity contribution in [3.05, 3.63) is 65.7 Å². The molecule has 0 spiro atoms. The molecule has 0 radical (unpaired) electrons. The fourth-order valence-electron chi connectivity index (χ4n) is 3.64. The predicted octanol–water partition coefficient (Wildman–Crippen LogP) is 4.19. The summed E-state index contributed by atoms with van der Waals surface area (Å²) in [7, 11) is 0. The molecule has 1 heterocycles. The van der Waals surface area contributed by atoms with E-state index in [1.807, 2.05) is 42.2 Å². The van der Waals surface area contributed by atoms with Gasteiger partial charge < -0.3 is 4.90 Å². The van der Waals surface area contributed by atoms with Crippen LogP contribution >= 0.6 is 0 Å². The Labute approximate surface area is 144 Å². The van der Waals surface area contributed by atoms with E-state index in [2.05, 4.69) is 36.1 Å². The Morgan fingerprint density at radius 1 is 1.17 bits per heavy atom. The fourth-order valence-corrected chi connectivity index (χ4v) is 3.64. The molecule has 0 aliphatic carbocycles.